The normalized spacial score (nSPS) is 41.7. The van der Waals surface area contributed by atoms with Crippen LogP contribution in [0.4, 0.5) is 0 Å². The summed E-state index contributed by atoms with van der Waals surface area (Å²) >= 11 is 0. The van der Waals surface area contributed by atoms with Crippen LogP contribution in [0.2, 0.25) is 18.1 Å². The lowest BCUT2D eigenvalue weighted by molar-refractivity contribution is -0.133. The van der Waals surface area contributed by atoms with Crippen LogP contribution in [0.3, 0.4) is 0 Å². The lowest BCUT2D eigenvalue weighted by atomic mass is 9.47. The Morgan fingerprint density at radius 3 is 2.57 bits per heavy atom. The van der Waals surface area contributed by atoms with E-state index in [1.807, 2.05) is 0 Å². The molecule has 0 heterocycles. The molecule has 0 aromatic carbocycles. The first-order valence-electron chi connectivity index (χ1n) is 12.9. The van der Waals surface area contributed by atoms with Crippen molar-refractivity contribution in [2.24, 2.45) is 28.6 Å². The molecule has 6 atom stereocenters. The standard InChI is InChI=1S/C27H46O2Si/c1-8-17-25(2,3)30(6,7)29-24-11-9-10-19-12-13-20-21-14-15-23(28)26(21,4)18-16-22(20)27(19,24)5/h12,20-22,24H,8-11,13-18H2,1-7H3/t20-,21-,22-,24?,26-,27-/m0/s1. The number of allylic oxidation sites excluding steroid dienone is 1. The Balaban J connectivity index is 1.65. The van der Waals surface area contributed by atoms with Crippen LogP contribution in [0, 0.1) is 28.6 Å². The first-order chi connectivity index (χ1) is 14.0. The van der Waals surface area contributed by atoms with Crippen LogP contribution >= 0.6 is 0 Å². The molecule has 0 radical (unpaired) electrons. The molecule has 0 bridgehead atoms. The lowest BCUT2D eigenvalue weighted by Gasteiger charge is -2.60. The topological polar surface area (TPSA) is 26.3 Å². The molecule has 3 fully saturated rings. The molecule has 0 saturated heterocycles. The van der Waals surface area contributed by atoms with E-state index in [9.17, 15) is 4.79 Å². The largest absolute Gasteiger partial charge is 0.413 e. The molecule has 4 aliphatic carbocycles. The van der Waals surface area contributed by atoms with Gasteiger partial charge in [0.25, 0.3) is 0 Å². The summed E-state index contributed by atoms with van der Waals surface area (Å²) in [5.41, 5.74) is 1.84. The quantitative estimate of drug-likeness (QED) is 0.330. The van der Waals surface area contributed by atoms with Crippen molar-refractivity contribution < 1.29 is 9.22 Å². The van der Waals surface area contributed by atoms with Gasteiger partial charge in [0, 0.05) is 17.3 Å². The third-order valence-corrected chi connectivity index (χ3v) is 15.2. The van der Waals surface area contributed by atoms with Gasteiger partial charge in [-0.2, -0.15) is 0 Å². The van der Waals surface area contributed by atoms with Crippen molar-refractivity contribution in [2.75, 3.05) is 0 Å². The fraction of sp³-hybridized carbons (Fsp3) is 0.889. The average Bonchev–Trinajstić information content (AvgIpc) is 2.97. The fourth-order valence-corrected chi connectivity index (χ4v) is 10.3. The Morgan fingerprint density at radius 2 is 1.87 bits per heavy atom. The average molecular weight is 431 g/mol. The van der Waals surface area contributed by atoms with E-state index < -0.39 is 8.32 Å². The summed E-state index contributed by atoms with van der Waals surface area (Å²) in [5, 5.41) is 0.302. The number of Topliss-reactive ketones (excluding diaryl/α,β-unsaturated/α-hetero) is 1. The SMILES string of the molecule is CCCC(C)(C)[Si](C)(C)OC1CCCC2=CC[C@H]3[C@@H]4CCC(=O)[C@@]4(C)CC[C@@H]3[C@]21C. The molecule has 1 unspecified atom stereocenters. The summed E-state index contributed by atoms with van der Waals surface area (Å²) in [6.45, 7) is 17.0. The third-order valence-electron chi connectivity index (χ3n) is 10.8. The Bertz CT molecular complexity index is 722. The van der Waals surface area contributed by atoms with Crippen molar-refractivity contribution in [3.05, 3.63) is 11.6 Å². The molecule has 3 heteroatoms. The van der Waals surface area contributed by atoms with Crippen LogP contribution in [-0.2, 0) is 9.22 Å². The lowest BCUT2D eigenvalue weighted by Crippen LogP contribution is -2.57. The van der Waals surface area contributed by atoms with Crippen LogP contribution in [0.25, 0.3) is 0 Å². The number of hydrogen-bond acceptors (Lipinski definition) is 2. The van der Waals surface area contributed by atoms with Crippen molar-refractivity contribution in [2.45, 2.75) is 123 Å². The molecule has 4 rings (SSSR count). The van der Waals surface area contributed by atoms with Crippen LogP contribution in [0.5, 0.6) is 0 Å². The zero-order valence-corrected chi connectivity index (χ0v) is 21.8. The van der Waals surface area contributed by atoms with Gasteiger partial charge in [0.2, 0.25) is 0 Å². The van der Waals surface area contributed by atoms with Gasteiger partial charge in [0.1, 0.15) is 5.78 Å². The number of ketones is 1. The monoisotopic (exact) mass is 430 g/mol. The Morgan fingerprint density at radius 1 is 1.13 bits per heavy atom. The van der Waals surface area contributed by atoms with Gasteiger partial charge in [0.15, 0.2) is 8.32 Å². The molecular weight excluding hydrogens is 384 g/mol. The van der Waals surface area contributed by atoms with E-state index in [1.54, 1.807) is 5.57 Å². The van der Waals surface area contributed by atoms with E-state index in [1.165, 1.54) is 44.9 Å². The second-order valence-corrected chi connectivity index (χ2v) is 17.3. The van der Waals surface area contributed by atoms with Gasteiger partial charge in [-0.05, 0) is 87.3 Å². The van der Waals surface area contributed by atoms with E-state index in [-0.39, 0.29) is 10.8 Å². The second-order valence-electron chi connectivity index (χ2n) is 12.7. The highest BCUT2D eigenvalue weighted by molar-refractivity contribution is 6.74. The van der Waals surface area contributed by atoms with Gasteiger partial charge in [-0.1, -0.05) is 52.7 Å². The smallest absolute Gasteiger partial charge is 0.192 e. The van der Waals surface area contributed by atoms with Crippen molar-refractivity contribution in [3.63, 3.8) is 0 Å². The summed E-state index contributed by atoms with van der Waals surface area (Å²) in [6.07, 6.45) is 14.7. The molecule has 0 aliphatic heterocycles. The maximum Gasteiger partial charge on any atom is 0.192 e. The Hall–Kier alpha value is -0.413. The molecule has 0 amide bonds. The molecular formula is C27H46O2Si. The Labute approximate surface area is 186 Å². The van der Waals surface area contributed by atoms with Gasteiger partial charge >= 0.3 is 0 Å². The third kappa shape index (κ3) is 3.24. The molecule has 4 aliphatic rings. The molecule has 0 spiro atoms. The van der Waals surface area contributed by atoms with Gasteiger partial charge in [-0.3, -0.25) is 4.79 Å². The van der Waals surface area contributed by atoms with Gasteiger partial charge in [0.05, 0.1) is 6.10 Å². The fourth-order valence-electron chi connectivity index (χ4n) is 8.09. The summed E-state index contributed by atoms with van der Waals surface area (Å²) in [5.74, 6) is 2.53. The number of fused-ring (bicyclic) bond motifs is 5. The van der Waals surface area contributed by atoms with Crippen LogP contribution in [0.1, 0.15) is 98.8 Å². The summed E-state index contributed by atoms with van der Waals surface area (Å²) < 4.78 is 7.31. The van der Waals surface area contributed by atoms with E-state index in [0.717, 1.165) is 19.3 Å². The highest BCUT2D eigenvalue weighted by atomic mass is 28.4. The number of carbonyl (C=O) groups is 1. The van der Waals surface area contributed by atoms with Crippen LogP contribution < -0.4 is 0 Å². The van der Waals surface area contributed by atoms with E-state index in [2.05, 4.69) is 53.8 Å². The maximum atomic E-state index is 12.8. The highest BCUT2D eigenvalue weighted by Crippen LogP contribution is 2.64. The van der Waals surface area contributed by atoms with Crippen molar-refractivity contribution in [1.82, 2.24) is 0 Å². The molecule has 170 valence electrons. The summed E-state index contributed by atoms with van der Waals surface area (Å²) in [7, 11) is -1.85. The van der Waals surface area contributed by atoms with Crippen LogP contribution in [0.15, 0.2) is 11.6 Å². The number of hydrogen-bond donors (Lipinski definition) is 0. The molecule has 2 nitrogen and oxygen atoms in total. The molecule has 30 heavy (non-hydrogen) atoms. The maximum absolute atomic E-state index is 12.8. The minimum atomic E-state index is -1.85. The Kier molecular flexibility index (Phi) is 5.75. The minimum Gasteiger partial charge on any atom is -0.413 e. The second kappa shape index (κ2) is 7.58. The van der Waals surface area contributed by atoms with Crippen LogP contribution in [-0.4, -0.2) is 20.2 Å². The van der Waals surface area contributed by atoms with Crippen molar-refractivity contribution in [1.29, 1.82) is 0 Å². The number of carbonyl (C=O) groups excluding carboxylic acids is 1. The summed E-state index contributed by atoms with van der Waals surface area (Å²) in [4.78, 5) is 12.8. The highest BCUT2D eigenvalue weighted by Gasteiger charge is 2.61. The number of rotatable bonds is 5. The van der Waals surface area contributed by atoms with E-state index in [4.69, 9.17) is 4.43 Å². The predicted molar refractivity (Wildman–Crippen MR) is 128 cm³/mol. The zero-order chi connectivity index (χ0) is 21.9. The first kappa shape index (κ1) is 22.8. The van der Waals surface area contributed by atoms with Gasteiger partial charge < -0.3 is 4.43 Å². The van der Waals surface area contributed by atoms with Gasteiger partial charge in [-0.15, -0.1) is 0 Å². The molecule has 3 saturated carbocycles. The van der Waals surface area contributed by atoms with Crippen molar-refractivity contribution in [3.8, 4) is 0 Å². The predicted octanol–water partition coefficient (Wildman–Crippen LogP) is 7.69. The molecule has 0 aromatic rings. The molecule has 0 N–H and O–H groups in total. The summed E-state index contributed by atoms with van der Waals surface area (Å²) in [6, 6.07) is 0. The van der Waals surface area contributed by atoms with E-state index in [0.29, 0.717) is 34.7 Å². The molecule has 0 aromatic heterocycles. The minimum absolute atomic E-state index is 0.0367. The van der Waals surface area contributed by atoms with Gasteiger partial charge in [-0.25, -0.2) is 0 Å². The van der Waals surface area contributed by atoms with Crippen molar-refractivity contribution >= 4 is 14.1 Å². The van der Waals surface area contributed by atoms with E-state index >= 15 is 0 Å². The first-order valence-corrected chi connectivity index (χ1v) is 15.8. The zero-order valence-electron chi connectivity index (χ0n) is 20.8.